The number of nitrogens with zero attached hydrogens (tertiary/aromatic N) is 2. The topological polar surface area (TPSA) is 8.17 Å². The first-order chi connectivity index (χ1) is 18.9. The Morgan fingerprint density at radius 2 is 0.974 bits per heavy atom. The van der Waals surface area contributed by atoms with Crippen LogP contribution in [0.2, 0.25) is 0 Å². The molecule has 0 aliphatic carbocycles. The molecule has 8 aromatic rings. The molecule has 0 unspecified atom stereocenters. The van der Waals surface area contributed by atoms with Crippen LogP contribution in [0, 0.1) is 0 Å². The molecule has 4 heteroatoms. The van der Waals surface area contributed by atoms with Gasteiger partial charge in [-0.25, -0.2) is 0 Å². The van der Waals surface area contributed by atoms with E-state index in [9.17, 15) is 0 Å². The van der Waals surface area contributed by atoms with Gasteiger partial charge in [0.25, 0.3) is 0 Å². The summed E-state index contributed by atoms with van der Waals surface area (Å²) in [4.78, 5) is 4.97. The molecule has 0 aliphatic rings. The van der Waals surface area contributed by atoms with E-state index >= 15 is 0 Å². The van der Waals surface area contributed by atoms with Crippen LogP contribution in [-0.2, 0) is 0 Å². The Morgan fingerprint density at radius 1 is 0.447 bits per heavy atom. The Kier molecular flexibility index (Phi) is 4.90. The van der Waals surface area contributed by atoms with Gasteiger partial charge in [-0.15, -0.1) is 22.7 Å². The monoisotopic (exact) mass is 522 g/mol. The predicted molar refractivity (Wildman–Crippen MR) is 166 cm³/mol. The summed E-state index contributed by atoms with van der Waals surface area (Å²) >= 11 is 3.77. The van der Waals surface area contributed by atoms with Gasteiger partial charge in [0, 0.05) is 53.7 Å². The van der Waals surface area contributed by atoms with E-state index in [1.54, 1.807) is 0 Å². The molecule has 3 aromatic heterocycles. The maximum Gasteiger partial charge on any atom is 0.110 e. The van der Waals surface area contributed by atoms with Gasteiger partial charge in [-0.3, -0.25) is 4.57 Å². The van der Waals surface area contributed by atoms with Crippen LogP contribution in [0.3, 0.4) is 0 Å². The molecule has 180 valence electrons. The van der Waals surface area contributed by atoms with Gasteiger partial charge in [0.2, 0.25) is 0 Å². The van der Waals surface area contributed by atoms with Gasteiger partial charge in [-0.1, -0.05) is 72.8 Å². The van der Waals surface area contributed by atoms with Gasteiger partial charge in [0.15, 0.2) is 0 Å². The van der Waals surface area contributed by atoms with Gasteiger partial charge in [-0.2, -0.15) is 0 Å². The van der Waals surface area contributed by atoms with E-state index in [4.69, 9.17) is 0 Å². The third-order valence-corrected chi connectivity index (χ3v) is 9.50. The summed E-state index contributed by atoms with van der Waals surface area (Å²) in [6.07, 6.45) is 0. The van der Waals surface area contributed by atoms with Crippen molar-refractivity contribution in [3.8, 4) is 5.69 Å². The average molecular weight is 523 g/mol. The van der Waals surface area contributed by atoms with E-state index in [0.717, 1.165) is 17.1 Å². The summed E-state index contributed by atoms with van der Waals surface area (Å²) in [6.45, 7) is 0. The highest BCUT2D eigenvalue weighted by atomic mass is 32.1. The first-order valence-electron chi connectivity index (χ1n) is 12.7. The standard InChI is InChI=1S/C34H22N2S2/c1-4-12-23(13-5-1)35(24-14-6-2-7-15-24)26-20-21-30-28(22-26)32-31-27-18-10-11-19-29(27)37-33(31)36(34(32)38-30)25-16-8-3-9-17-25/h1-22H. The van der Waals surface area contributed by atoms with Crippen molar-refractivity contribution >= 4 is 80.3 Å². The molecular formula is C34H22N2S2. The van der Waals surface area contributed by atoms with Gasteiger partial charge in [0.05, 0.1) is 0 Å². The predicted octanol–water partition coefficient (Wildman–Crippen LogP) is 10.7. The van der Waals surface area contributed by atoms with Gasteiger partial charge in [0.1, 0.15) is 9.66 Å². The van der Waals surface area contributed by atoms with Crippen molar-refractivity contribution in [1.82, 2.24) is 4.57 Å². The molecule has 0 fully saturated rings. The third kappa shape index (κ3) is 3.24. The second-order valence-corrected chi connectivity index (χ2v) is 11.5. The summed E-state index contributed by atoms with van der Waals surface area (Å²) in [6, 6.07) is 47.8. The number of para-hydroxylation sites is 3. The molecule has 38 heavy (non-hydrogen) atoms. The smallest absolute Gasteiger partial charge is 0.110 e. The second-order valence-electron chi connectivity index (χ2n) is 9.42. The van der Waals surface area contributed by atoms with Crippen LogP contribution in [0.15, 0.2) is 133 Å². The number of aromatic nitrogens is 1. The second kappa shape index (κ2) is 8.59. The molecule has 0 radical (unpaired) electrons. The molecule has 0 saturated heterocycles. The Bertz CT molecular complexity index is 2030. The Morgan fingerprint density at radius 3 is 1.63 bits per heavy atom. The molecule has 0 bridgehead atoms. The van der Waals surface area contributed by atoms with Crippen LogP contribution in [0.25, 0.3) is 46.3 Å². The Balaban J connectivity index is 1.47. The van der Waals surface area contributed by atoms with Crippen molar-refractivity contribution in [2.24, 2.45) is 0 Å². The number of thiophene rings is 2. The lowest BCUT2D eigenvalue weighted by atomic mass is 10.1. The largest absolute Gasteiger partial charge is 0.310 e. The fourth-order valence-corrected chi connectivity index (χ4v) is 8.06. The molecule has 0 atom stereocenters. The molecule has 3 heterocycles. The van der Waals surface area contributed by atoms with Crippen molar-refractivity contribution in [2.75, 3.05) is 4.90 Å². The SMILES string of the molecule is c1ccc(N(c2ccccc2)c2ccc3sc4c(c3c2)c2c3ccccc3sc2n4-c2ccccc2)cc1. The average Bonchev–Trinajstić information content (AvgIpc) is 3.62. The maximum absolute atomic E-state index is 2.46. The highest BCUT2D eigenvalue weighted by Crippen LogP contribution is 2.49. The molecular weight excluding hydrogens is 501 g/mol. The number of fused-ring (bicyclic) bond motifs is 7. The Hall–Kier alpha value is -4.38. The summed E-state index contributed by atoms with van der Waals surface area (Å²) in [5.74, 6) is 0. The lowest BCUT2D eigenvalue weighted by Gasteiger charge is -2.25. The van der Waals surface area contributed by atoms with E-state index in [-0.39, 0.29) is 0 Å². The fraction of sp³-hybridized carbons (Fsp3) is 0. The van der Waals surface area contributed by atoms with Crippen LogP contribution in [0.4, 0.5) is 17.1 Å². The molecule has 0 N–H and O–H groups in total. The van der Waals surface area contributed by atoms with Crippen molar-refractivity contribution in [1.29, 1.82) is 0 Å². The molecule has 0 saturated carbocycles. The lowest BCUT2D eigenvalue weighted by molar-refractivity contribution is 1.21. The van der Waals surface area contributed by atoms with Crippen LogP contribution in [-0.4, -0.2) is 4.57 Å². The first kappa shape index (κ1) is 21.7. The lowest BCUT2D eigenvalue weighted by Crippen LogP contribution is -2.09. The number of benzene rings is 5. The minimum atomic E-state index is 1.15. The third-order valence-electron chi connectivity index (χ3n) is 7.19. The van der Waals surface area contributed by atoms with Crippen molar-refractivity contribution < 1.29 is 0 Å². The minimum Gasteiger partial charge on any atom is -0.310 e. The summed E-state index contributed by atoms with van der Waals surface area (Å²) in [7, 11) is 0. The first-order valence-corrected chi connectivity index (χ1v) is 14.3. The quantitative estimate of drug-likeness (QED) is 0.223. The van der Waals surface area contributed by atoms with Gasteiger partial charge >= 0.3 is 0 Å². The molecule has 2 nitrogen and oxygen atoms in total. The number of hydrogen-bond donors (Lipinski definition) is 0. The molecule has 0 spiro atoms. The highest BCUT2D eigenvalue weighted by Gasteiger charge is 2.22. The van der Waals surface area contributed by atoms with E-state index < -0.39 is 0 Å². The van der Waals surface area contributed by atoms with Crippen molar-refractivity contribution in [3.63, 3.8) is 0 Å². The molecule has 0 aliphatic heterocycles. The fourth-order valence-electron chi connectivity index (χ4n) is 5.55. The van der Waals surface area contributed by atoms with Crippen LogP contribution < -0.4 is 4.90 Å². The molecule has 8 rings (SSSR count). The molecule has 5 aromatic carbocycles. The van der Waals surface area contributed by atoms with Crippen molar-refractivity contribution in [3.05, 3.63) is 133 Å². The van der Waals surface area contributed by atoms with Gasteiger partial charge < -0.3 is 4.90 Å². The normalized spacial score (nSPS) is 11.7. The van der Waals surface area contributed by atoms with Crippen LogP contribution in [0.5, 0.6) is 0 Å². The number of hydrogen-bond acceptors (Lipinski definition) is 3. The van der Waals surface area contributed by atoms with E-state index in [1.807, 2.05) is 22.7 Å². The zero-order chi connectivity index (χ0) is 25.1. The highest BCUT2D eigenvalue weighted by molar-refractivity contribution is 7.28. The summed E-state index contributed by atoms with van der Waals surface area (Å²) < 4.78 is 5.10. The number of rotatable bonds is 4. The van der Waals surface area contributed by atoms with Gasteiger partial charge in [-0.05, 0) is 60.7 Å². The Labute approximate surface area is 228 Å². The van der Waals surface area contributed by atoms with Crippen LogP contribution in [0.1, 0.15) is 0 Å². The maximum atomic E-state index is 2.46. The summed E-state index contributed by atoms with van der Waals surface area (Å²) in [5.41, 5.74) is 4.67. The summed E-state index contributed by atoms with van der Waals surface area (Å²) in [5, 5.41) is 5.35. The van der Waals surface area contributed by atoms with Crippen LogP contribution >= 0.6 is 22.7 Å². The zero-order valence-corrected chi connectivity index (χ0v) is 22.0. The van der Waals surface area contributed by atoms with E-state index in [1.165, 1.54) is 46.3 Å². The minimum absolute atomic E-state index is 1.15. The van der Waals surface area contributed by atoms with E-state index in [2.05, 4.69) is 143 Å². The molecule has 0 amide bonds. The van der Waals surface area contributed by atoms with Crippen molar-refractivity contribution in [2.45, 2.75) is 0 Å². The zero-order valence-electron chi connectivity index (χ0n) is 20.4. The van der Waals surface area contributed by atoms with E-state index in [0.29, 0.717) is 0 Å². The number of anilines is 3.